The number of benzene rings is 2. The van der Waals surface area contributed by atoms with E-state index in [0.717, 1.165) is 11.3 Å². The van der Waals surface area contributed by atoms with Crippen LogP contribution in [0.25, 0.3) is 39.3 Å². The summed E-state index contributed by atoms with van der Waals surface area (Å²) in [6, 6.07) is 17.2. The lowest BCUT2D eigenvalue weighted by atomic mass is 10.1. The molecule has 5 aromatic rings. The van der Waals surface area contributed by atoms with E-state index in [4.69, 9.17) is 4.42 Å². The van der Waals surface area contributed by atoms with Crippen LogP contribution in [0.15, 0.2) is 57.7 Å². The second-order valence-electron chi connectivity index (χ2n) is 7.41. The zero-order valence-corrected chi connectivity index (χ0v) is 17.2. The van der Waals surface area contributed by atoms with Crippen molar-refractivity contribution in [1.82, 2.24) is 19.6 Å². The molecule has 2 aromatic carbocycles. The van der Waals surface area contributed by atoms with Crippen LogP contribution in [0.3, 0.4) is 0 Å². The van der Waals surface area contributed by atoms with Gasteiger partial charge in [-0.15, -0.1) is 0 Å². The van der Waals surface area contributed by atoms with Gasteiger partial charge in [0.1, 0.15) is 22.8 Å². The first-order valence-corrected chi connectivity index (χ1v) is 9.67. The van der Waals surface area contributed by atoms with Crippen LogP contribution in [0.2, 0.25) is 0 Å². The lowest BCUT2D eigenvalue weighted by molar-refractivity contribution is 0.616. The average Bonchev–Trinajstić information content (AvgIpc) is 3.35. The number of hydrogen-bond donors (Lipinski definition) is 1. The van der Waals surface area contributed by atoms with Crippen LogP contribution in [-0.4, -0.2) is 33.7 Å². The minimum absolute atomic E-state index is 0.197. The molecule has 1 N–H and O–H groups in total. The fraction of sp³-hybridized carbons (Fsp3) is 0.130. The molecule has 0 aliphatic carbocycles. The third-order valence-corrected chi connectivity index (χ3v) is 5.23. The molecule has 5 rings (SSSR count). The molecule has 8 heteroatoms. The highest BCUT2D eigenvalue weighted by Gasteiger charge is 2.23. The van der Waals surface area contributed by atoms with Crippen LogP contribution < -0.4 is 10.5 Å². The van der Waals surface area contributed by atoms with Crippen molar-refractivity contribution >= 4 is 22.4 Å². The summed E-state index contributed by atoms with van der Waals surface area (Å²) >= 11 is 0. The third kappa shape index (κ3) is 2.79. The van der Waals surface area contributed by atoms with E-state index in [-0.39, 0.29) is 22.7 Å². The number of anilines is 1. The normalized spacial score (nSPS) is 11.2. The quantitative estimate of drug-likeness (QED) is 0.486. The highest BCUT2D eigenvalue weighted by Crippen LogP contribution is 2.31. The number of aromatic nitrogens is 4. The summed E-state index contributed by atoms with van der Waals surface area (Å²) in [4.78, 5) is 24.6. The van der Waals surface area contributed by atoms with E-state index in [1.54, 1.807) is 6.92 Å². The van der Waals surface area contributed by atoms with Gasteiger partial charge in [-0.2, -0.15) is 9.78 Å². The average molecular weight is 410 g/mol. The van der Waals surface area contributed by atoms with Crippen LogP contribution in [-0.2, 0) is 0 Å². The number of nitrogens with zero attached hydrogens (tertiary/aromatic N) is 5. The second kappa shape index (κ2) is 6.85. The number of hydrogen-bond acceptors (Lipinski definition) is 6. The maximum Gasteiger partial charge on any atom is 0.285 e. The SMILES string of the molecule is Cc1nc2c(-c3ccccc3)c(C#N)[nH]n2c(=O)c1-c1nc2c(N(C)C)cccc2o1. The maximum atomic E-state index is 13.4. The third-order valence-electron chi connectivity index (χ3n) is 5.23. The molecule has 0 radical (unpaired) electrons. The number of H-pyrrole nitrogens is 1. The molecule has 0 unspecified atom stereocenters. The second-order valence-corrected chi connectivity index (χ2v) is 7.41. The van der Waals surface area contributed by atoms with E-state index >= 15 is 0 Å². The van der Waals surface area contributed by atoms with Gasteiger partial charge in [0, 0.05) is 14.1 Å². The fourth-order valence-electron chi connectivity index (χ4n) is 3.79. The monoisotopic (exact) mass is 410 g/mol. The van der Waals surface area contributed by atoms with Crippen LogP contribution in [0.5, 0.6) is 0 Å². The number of para-hydroxylation sites is 1. The molecule has 3 aromatic heterocycles. The van der Waals surface area contributed by atoms with Crippen molar-refractivity contribution in [2.75, 3.05) is 19.0 Å². The van der Waals surface area contributed by atoms with Gasteiger partial charge in [0.2, 0.25) is 5.89 Å². The lowest BCUT2D eigenvalue weighted by Gasteiger charge is -2.11. The molecule has 0 amide bonds. The molecule has 152 valence electrons. The summed E-state index contributed by atoms with van der Waals surface area (Å²) in [5.41, 5.74) is 4.53. The highest BCUT2D eigenvalue weighted by atomic mass is 16.3. The van der Waals surface area contributed by atoms with Crippen molar-refractivity contribution < 1.29 is 4.42 Å². The fourth-order valence-corrected chi connectivity index (χ4v) is 3.79. The summed E-state index contributed by atoms with van der Waals surface area (Å²) in [6.07, 6.45) is 0. The molecule has 0 spiro atoms. The molecule has 0 fully saturated rings. The standard InChI is InChI=1S/C23H18N6O2/c1-13-18(22-26-20-16(28(2)3)10-7-11-17(20)31-22)23(30)29-21(25-13)19(15(12-24)27-29)14-8-5-4-6-9-14/h4-11,27H,1-3H3. The van der Waals surface area contributed by atoms with Gasteiger partial charge < -0.3 is 9.32 Å². The molecule has 0 bridgehead atoms. The van der Waals surface area contributed by atoms with Crippen molar-refractivity contribution in [2.45, 2.75) is 6.92 Å². The number of rotatable bonds is 3. The lowest BCUT2D eigenvalue weighted by Crippen LogP contribution is -2.19. The Hall–Kier alpha value is -4.38. The van der Waals surface area contributed by atoms with Crippen LogP contribution in [0.4, 0.5) is 5.69 Å². The summed E-state index contributed by atoms with van der Waals surface area (Å²) in [5.74, 6) is 0.197. The first-order chi connectivity index (χ1) is 15.0. The van der Waals surface area contributed by atoms with Gasteiger partial charge >= 0.3 is 0 Å². The van der Waals surface area contributed by atoms with E-state index < -0.39 is 0 Å². The topological polar surface area (TPSA) is 103 Å². The van der Waals surface area contributed by atoms with E-state index in [0.29, 0.717) is 28.0 Å². The van der Waals surface area contributed by atoms with Crippen molar-refractivity contribution in [1.29, 1.82) is 5.26 Å². The van der Waals surface area contributed by atoms with Crippen LogP contribution in [0.1, 0.15) is 11.4 Å². The molecule has 0 aliphatic heterocycles. The number of aromatic amines is 1. The van der Waals surface area contributed by atoms with E-state index in [2.05, 4.69) is 21.1 Å². The minimum Gasteiger partial charge on any atom is -0.436 e. The van der Waals surface area contributed by atoms with Gasteiger partial charge in [0.05, 0.1) is 16.9 Å². The molecule has 0 saturated carbocycles. The number of nitriles is 1. The number of nitrogens with one attached hydrogen (secondary N) is 1. The summed E-state index contributed by atoms with van der Waals surface area (Å²) in [7, 11) is 3.84. The molecule has 8 nitrogen and oxygen atoms in total. The zero-order valence-electron chi connectivity index (χ0n) is 17.2. The maximum absolute atomic E-state index is 13.4. The summed E-state index contributed by atoms with van der Waals surface area (Å²) in [6.45, 7) is 1.74. The molecule has 31 heavy (non-hydrogen) atoms. The molecular weight excluding hydrogens is 392 g/mol. The molecule has 0 aliphatic rings. The van der Waals surface area contributed by atoms with Gasteiger partial charge in [0.15, 0.2) is 11.2 Å². The zero-order chi connectivity index (χ0) is 21.7. The Labute approximate surface area is 177 Å². The molecule has 0 atom stereocenters. The smallest absolute Gasteiger partial charge is 0.285 e. The van der Waals surface area contributed by atoms with Crippen LogP contribution >= 0.6 is 0 Å². The van der Waals surface area contributed by atoms with Gasteiger partial charge in [-0.1, -0.05) is 36.4 Å². The first-order valence-electron chi connectivity index (χ1n) is 9.67. The predicted octanol–water partition coefficient (Wildman–Crippen LogP) is 3.74. The Morgan fingerprint density at radius 2 is 1.84 bits per heavy atom. The van der Waals surface area contributed by atoms with Crippen molar-refractivity contribution in [3.8, 4) is 28.7 Å². The number of fused-ring (bicyclic) bond motifs is 2. The van der Waals surface area contributed by atoms with Gasteiger partial charge in [0.25, 0.3) is 5.56 Å². The van der Waals surface area contributed by atoms with E-state index in [1.165, 1.54) is 4.52 Å². The van der Waals surface area contributed by atoms with E-state index in [9.17, 15) is 10.1 Å². The van der Waals surface area contributed by atoms with Gasteiger partial charge in [-0.05, 0) is 24.6 Å². The molecule has 0 saturated heterocycles. The molecular formula is C23H18N6O2. The highest BCUT2D eigenvalue weighted by molar-refractivity contribution is 5.89. The minimum atomic E-state index is -0.376. The Morgan fingerprint density at radius 1 is 1.06 bits per heavy atom. The van der Waals surface area contributed by atoms with Gasteiger partial charge in [-0.3, -0.25) is 9.89 Å². The Balaban J connectivity index is 1.79. The van der Waals surface area contributed by atoms with Crippen molar-refractivity contribution in [2.24, 2.45) is 0 Å². The van der Waals surface area contributed by atoms with Crippen molar-refractivity contribution in [3.63, 3.8) is 0 Å². The molecule has 3 heterocycles. The summed E-state index contributed by atoms with van der Waals surface area (Å²) in [5, 5.41) is 12.5. The summed E-state index contributed by atoms with van der Waals surface area (Å²) < 4.78 is 7.22. The Morgan fingerprint density at radius 3 is 2.55 bits per heavy atom. The van der Waals surface area contributed by atoms with Crippen LogP contribution in [0, 0.1) is 18.3 Å². The predicted molar refractivity (Wildman–Crippen MR) is 118 cm³/mol. The van der Waals surface area contributed by atoms with E-state index in [1.807, 2.05) is 67.5 Å². The Kier molecular flexibility index (Phi) is 4.12. The van der Waals surface area contributed by atoms with Gasteiger partial charge in [-0.25, -0.2) is 9.97 Å². The first kappa shape index (κ1) is 18.6. The van der Waals surface area contributed by atoms with Crippen molar-refractivity contribution in [3.05, 3.63) is 70.3 Å². The largest absolute Gasteiger partial charge is 0.436 e. The number of oxazole rings is 1. The number of aryl methyl sites for hydroxylation is 1. The Bertz CT molecular complexity index is 1550.